The number of ether oxygens (including phenoxy) is 1. The summed E-state index contributed by atoms with van der Waals surface area (Å²) in [7, 11) is 1.54. The number of nitrogens with zero attached hydrogens (tertiary/aromatic N) is 3. The second kappa shape index (κ2) is 7.43. The van der Waals surface area contributed by atoms with Gasteiger partial charge in [0.2, 0.25) is 0 Å². The Morgan fingerprint density at radius 1 is 1.19 bits per heavy atom. The molecule has 1 aromatic heterocycles. The number of halogens is 1. The van der Waals surface area contributed by atoms with Crippen molar-refractivity contribution in [3.8, 4) is 34.2 Å². The van der Waals surface area contributed by atoms with Crippen LogP contribution in [0.2, 0.25) is 0 Å². The van der Waals surface area contributed by atoms with E-state index in [-0.39, 0.29) is 17.1 Å². The lowest BCUT2D eigenvalue weighted by atomic mass is 9.97. The number of pyridine rings is 1. The molecule has 0 atom stereocenters. The second-order valence-electron chi connectivity index (χ2n) is 5.58. The van der Waals surface area contributed by atoms with Gasteiger partial charge in [-0.1, -0.05) is 15.9 Å². The van der Waals surface area contributed by atoms with E-state index in [4.69, 9.17) is 10.5 Å². The van der Waals surface area contributed by atoms with Crippen molar-refractivity contribution in [1.29, 1.82) is 5.26 Å². The fourth-order valence-electron chi connectivity index (χ4n) is 2.69. The van der Waals surface area contributed by atoms with E-state index in [1.165, 1.54) is 12.1 Å². The smallest absolute Gasteiger partial charge is 0.269 e. The Bertz CT molecular complexity index is 1080. The van der Waals surface area contributed by atoms with Crippen molar-refractivity contribution < 1.29 is 9.66 Å². The number of hydrogen-bond acceptors (Lipinski definition) is 6. The average molecular weight is 425 g/mol. The highest BCUT2D eigenvalue weighted by molar-refractivity contribution is 9.10. The number of aromatic nitrogens is 1. The number of nitro groups is 1. The van der Waals surface area contributed by atoms with Crippen molar-refractivity contribution in [2.24, 2.45) is 0 Å². The van der Waals surface area contributed by atoms with Crippen LogP contribution in [0.4, 0.5) is 11.5 Å². The molecule has 0 saturated carbocycles. The first kappa shape index (κ1) is 18.4. The maximum absolute atomic E-state index is 10.8. The molecule has 27 heavy (non-hydrogen) atoms. The van der Waals surface area contributed by atoms with Gasteiger partial charge in [-0.15, -0.1) is 0 Å². The Hall–Kier alpha value is -3.44. The molecule has 0 aliphatic heterocycles. The van der Waals surface area contributed by atoms with Crippen LogP contribution < -0.4 is 10.5 Å². The third-order valence-corrected chi connectivity index (χ3v) is 4.48. The van der Waals surface area contributed by atoms with Crippen LogP contribution in [0.3, 0.4) is 0 Å². The molecule has 0 fully saturated rings. The molecule has 3 aromatic rings. The van der Waals surface area contributed by atoms with Crippen LogP contribution in [0.25, 0.3) is 22.4 Å². The van der Waals surface area contributed by atoms with Gasteiger partial charge in [0.25, 0.3) is 5.69 Å². The van der Waals surface area contributed by atoms with Gasteiger partial charge in [-0.2, -0.15) is 5.26 Å². The fraction of sp³-hybridized carbons (Fsp3) is 0.0526. The van der Waals surface area contributed by atoms with Gasteiger partial charge >= 0.3 is 0 Å². The van der Waals surface area contributed by atoms with E-state index in [0.717, 1.165) is 4.47 Å². The summed E-state index contributed by atoms with van der Waals surface area (Å²) in [5.74, 6) is 0.653. The maximum atomic E-state index is 10.8. The number of methoxy groups -OCH3 is 1. The summed E-state index contributed by atoms with van der Waals surface area (Å²) in [6, 6.07) is 15.2. The summed E-state index contributed by atoms with van der Waals surface area (Å²) < 4.78 is 6.23. The Labute approximate surface area is 163 Å². The zero-order valence-corrected chi connectivity index (χ0v) is 15.7. The predicted octanol–water partition coefficient (Wildman–Crippen LogP) is 4.55. The molecule has 1 heterocycles. The number of nitriles is 1. The van der Waals surface area contributed by atoms with Crippen molar-refractivity contribution in [3.63, 3.8) is 0 Å². The van der Waals surface area contributed by atoms with Crippen LogP contribution >= 0.6 is 15.9 Å². The van der Waals surface area contributed by atoms with Crippen LogP contribution in [-0.2, 0) is 0 Å². The fourth-order valence-corrected chi connectivity index (χ4v) is 3.05. The number of nitrogen functional groups attached to an aromatic ring is 1. The highest BCUT2D eigenvalue weighted by atomic mass is 79.9. The third kappa shape index (κ3) is 3.59. The van der Waals surface area contributed by atoms with Crippen LogP contribution in [0, 0.1) is 21.4 Å². The van der Waals surface area contributed by atoms with E-state index in [1.54, 1.807) is 31.4 Å². The van der Waals surface area contributed by atoms with Gasteiger partial charge in [0.15, 0.2) is 0 Å². The van der Waals surface area contributed by atoms with Crippen LogP contribution in [0.5, 0.6) is 5.75 Å². The zero-order chi connectivity index (χ0) is 19.6. The zero-order valence-electron chi connectivity index (χ0n) is 14.1. The molecule has 0 spiro atoms. The number of nitro benzene ring substituents is 1. The van der Waals surface area contributed by atoms with E-state index < -0.39 is 4.92 Å². The highest BCUT2D eigenvalue weighted by Crippen LogP contribution is 2.38. The van der Waals surface area contributed by atoms with Crippen molar-refractivity contribution in [3.05, 3.63) is 68.7 Å². The first-order chi connectivity index (χ1) is 12.9. The largest absolute Gasteiger partial charge is 0.496 e. The lowest BCUT2D eigenvalue weighted by Crippen LogP contribution is -2.01. The molecule has 0 saturated heterocycles. The summed E-state index contributed by atoms with van der Waals surface area (Å²) >= 11 is 3.42. The summed E-state index contributed by atoms with van der Waals surface area (Å²) in [6.45, 7) is 0. The first-order valence-electron chi connectivity index (χ1n) is 7.74. The summed E-state index contributed by atoms with van der Waals surface area (Å²) in [5.41, 5.74) is 8.63. The SMILES string of the molecule is COc1ccc(Br)cc1-c1cc(-c2ccc([N+](=O)[O-])cc2)nc(N)c1C#N. The number of hydrogen-bond donors (Lipinski definition) is 1. The van der Waals surface area contributed by atoms with Crippen molar-refractivity contribution in [2.45, 2.75) is 0 Å². The summed E-state index contributed by atoms with van der Waals surface area (Å²) in [5, 5.41) is 20.4. The lowest BCUT2D eigenvalue weighted by Gasteiger charge is -2.13. The molecule has 0 bridgehead atoms. The van der Waals surface area contributed by atoms with Gasteiger partial charge in [0.05, 0.1) is 17.7 Å². The monoisotopic (exact) mass is 424 g/mol. The molecule has 134 valence electrons. The summed E-state index contributed by atoms with van der Waals surface area (Å²) in [6.07, 6.45) is 0. The minimum Gasteiger partial charge on any atom is -0.496 e. The maximum Gasteiger partial charge on any atom is 0.269 e. The normalized spacial score (nSPS) is 10.3. The van der Waals surface area contributed by atoms with E-state index in [1.807, 2.05) is 12.1 Å². The molecule has 3 rings (SSSR count). The molecule has 2 aromatic carbocycles. The number of benzene rings is 2. The van der Waals surface area contributed by atoms with E-state index >= 15 is 0 Å². The molecular weight excluding hydrogens is 412 g/mol. The molecule has 0 aliphatic carbocycles. The van der Waals surface area contributed by atoms with Gasteiger partial charge in [-0.3, -0.25) is 10.1 Å². The van der Waals surface area contributed by atoms with Gasteiger partial charge in [-0.25, -0.2) is 4.98 Å². The summed E-state index contributed by atoms with van der Waals surface area (Å²) in [4.78, 5) is 14.7. The molecule has 0 radical (unpaired) electrons. The number of anilines is 1. The van der Waals surface area contributed by atoms with Crippen molar-refractivity contribution in [1.82, 2.24) is 4.98 Å². The van der Waals surface area contributed by atoms with Gasteiger partial charge in [0.1, 0.15) is 23.2 Å². The Kier molecular flexibility index (Phi) is 5.05. The van der Waals surface area contributed by atoms with Crippen LogP contribution in [-0.4, -0.2) is 17.0 Å². The van der Waals surface area contributed by atoms with E-state index in [9.17, 15) is 15.4 Å². The average Bonchev–Trinajstić information content (AvgIpc) is 2.67. The Morgan fingerprint density at radius 3 is 2.48 bits per heavy atom. The Morgan fingerprint density at radius 2 is 1.89 bits per heavy atom. The van der Waals surface area contributed by atoms with E-state index in [2.05, 4.69) is 27.0 Å². The lowest BCUT2D eigenvalue weighted by molar-refractivity contribution is -0.384. The molecule has 7 nitrogen and oxygen atoms in total. The van der Waals surface area contributed by atoms with Gasteiger partial charge in [-0.05, 0) is 36.4 Å². The molecule has 8 heteroatoms. The van der Waals surface area contributed by atoms with Crippen LogP contribution in [0.1, 0.15) is 5.56 Å². The van der Waals surface area contributed by atoms with E-state index in [0.29, 0.717) is 28.1 Å². The standard InChI is InChI=1S/C19H13BrN4O3/c1-27-18-7-4-12(20)8-15(18)14-9-17(23-19(22)16(14)10-21)11-2-5-13(6-3-11)24(25)26/h2-9H,1H3,(H2,22,23). The minimum atomic E-state index is -0.470. The predicted molar refractivity (Wildman–Crippen MR) is 105 cm³/mol. The van der Waals surface area contributed by atoms with Gasteiger partial charge < -0.3 is 10.5 Å². The third-order valence-electron chi connectivity index (χ3n) is 3.98. The molecule has 0 unspecified atom stereocenters. The van der Waals surface area contributed by atoms with Crippen LogP contribution in [0.15, 0.2) is 53.0 Å². The topological polar surface area (TPSA) is 115 Å². The highest BCUT2D eigenvalue weighted by Gasteiger charge is 2.17. The Balaban J connectivity index is 2.22. The quantitative estimate of drug-likeness (QED) is 0.485. The molecule has 0 aliphatic rings. The molecule has 0 amide bonds. The number of rotatable bonds is 4. The van der Waals surface area contributed by atoms with Crippen molar-refractivity contribution in [2.75, 3.05) is 12.8 Å². The number of non-ortho nitro benzene ring substituents is 1. The molecule has 2 N–H and O–H groups in total. The first-order valence-corrected chi connectivity index (χ1v) is 8.53. The number of nitrogens with two attached hydrogens (primary N) is 1. The van der Waals surface area contributed by atoms with Gasteiger partial charge in [0, 0.05) is 33.3 Å². The minimum absolute atomic E-state index is 0.0192. The van der Waals surface area contributed by atoms with Crippen molar-refractivity contribution >= 4 is 27.4 Å². The molecular formula is C19H13BrN4O3. The second-order valence-corrected chi connectivity index (χ2v) is 6.49.